The summed E-state index contributed by atoms with van der Waals surface area (Å²) in [7, 11) is 0. The molecule has 1 aliphatic rings. The van der Waals surface area contributed by atoms with Crippen LogP contribution in [0.25, 0.3) is 0 Å². The van der Waals surface area contributed by atoms with Gasteiger partial charge in [0.2, 0.25) is 11.7 Å². The van der Waals surface area contributed by atoms with Crippen molar-refractivity contribution in [2.75, 3.05) is 6.61 Å². The second-order valence-corrected chi connectivity index (χ2v) is 5.02. The molecule has 1 heterocycles. The van der Waals surface area contributed by atoms with E-state index < -0.39 is 18.0 Å². The van der Waals surface area contributed by atoms with Crippen LogP contribution in [0.3, 0.4) is 0 Å². The van der Waals surface area contributed by atoms with Crippen LogP contribution >= 0.6 is 0 Å². The Bertz CT molecular complexity index is 626. The summed E-state index contributed by atoms with van der Waals surface area (Å²) in [6.07, 6.45) is 0.164. The summed E-state index contributed by atoms with van der Waals surface area (Å²) < 4.78 is 10.9. The van der Waals surface area contributed by atoms with Crippen molar-refractivity contribution in [3.63, 3.8) is 0 Å². The van der Waals surface area contributed by atoms with Crippen molar-refractivity contribution in [2.45, 2.75) is 25.4 Å². The summed E-state index contributed by atoms with van der Waals surface area (Å²) in [4.78, 5) is 15.2. The predicted octanol–water partition coefficient (Wildman–Crippen LogP) is 2.38. The minimum atomic E-state index is -0.816. The maximum Gasteiger partial charge on any atom is 0.307 e. The molecule has 6 heteroatoms. The molecule has 6 nitrogen and oxygen atoms in total. The average Bonchev–Trinajstić information content (AvgIpc) is 3.17. The topological polar surface area (TPSA) is 85.5 Å². The largest absolute Gasteiger partial charge is 0.481 e. The van der Waals surface area contributed by atoms with Gasteiger partial charge in [0, 0.05) is 6.61 Å². The first-order valence-electron chi connectivity index (χ1n) is 6.93. The van der Waals surface area contributed by atoms with E-state index in [-0.39, 0.29) is 5.92 Å². The third-order valence-corrected chi connectivity index (χ3v) is 3.55. The van der Waals surface area contributed by atoms with Gasteiger partial charge in [0.25, 0.3) is 0 Å². The van der Waals surface area contributed by atoms with E-state index in [1.165, 1.54) is 0 Å². The molecule has 0 bridgehead atoms. The first-order chi connectivity index (χ1) is 10.2. The first kappa shape index (κ1) is 13.8. The fourth-order valence-electron chi connectivity index (χ4n) is 2.36. The molecular weight excluding hydrogens is 272 g/mol. The van der Waals surface area contributed by atoms with E-state index >= 15 is 0 Å². The Balaban J connectivity index is 1.81. The van der Waals surface area contributed by atoms with Gasteiger partial charge in [-0.05, 0) is 18.9 Å². The zero-order valence-electron chi connectivity index (χ0n) is 11.6. The maximum atomic E-state index is 10.9. The van der Waals surface area contributed by atoms with E-state index in [1.54, 1.807) is 0 Å². The standard InChI is InChI=1S/C15H16N2O4/c1-2-20-12(9-6-4-3-5-7-9)13-16-14(21-17-13)10-8-11(10)15(18)19/h3-7,10-12H,2,8H2,1H3,(H,18,19). The van der Waals surface area contributed by atoms with Gasteiger partial charge in [0.1, 0.15) is 6.10 Å². The Morgan fingerprint density at radius 2 is 2.24 bits per heavy atom. The van der Waals surface area contributed by atoms with E-state index in [1.807, 2.05) is 37.3 Å². The number of aliphatic carboxylic acids is 1. The highest BCUT2D eigenvalue weighted by molar-refractivity contribution is 5.74. The molecule has 3 rings (SSSR count). The second kappa shape index (κ2) is 5.65. The molecule has 0 aliphatic heterocycles. The van der Waals surface area contributed by atoms with Gasteiger partial charge in [-0.15, -0.1) is 0 Å². The summed E-state index contributed by atoms with van der Waals surface area (Å²) >= 11 is 0. The van der Waals surface area contributed by atoms with Crippen LogP contribution in [0.4, 0.5) is 0 Å². The summed E-state index contributed by atoms with van der Waals surface area (Å²) in [6, 6.07) is 9.64. The smallest absolute Gasteiger partial charge is 0.307 e. The zero-order chi connectivity index (χ0) is 14.8. The molecule has 1 aliphatic carbocycles. The molecule has 110 valence electrons. The van der Waals surface area contributed by atoms with Crippen molar-refractivity contribution in [2.24, 2.45) is 5.92 Å². The van der Waals surface area contributed by atoms with Gasteiger partial charge in [0.05, 0.1) is 11.8 Å². The Morgan fingerprint density at radius 1 is 1.48 bits per heavy atom. The van der Waals surface area contributed by atoms with Gasteiger partial charge in [-0.2, -0.15) is 4.98 Å². The van der Waals surface area contributed by atoms with Crippen molar-refractivity contribution in [3.8, 4) is 0 Å². The number of hydrogen-bond donors (Lipinski definition) is 1. The molecule has 0 amide bonds. The molecule has 2 aromatic rings. The number of ether oxygens (including phenoxy) is 1. The predicted molar refractivity (Wildman–Crippen MR) is 72.7 cm³/mol. The lowest BCUT2D eigenvalue weighted by Gasteiger charge is -2.13. The van der Waals surface area contributed by atoms with Crippen molar-refractivity contribution in [1.29, 1.82) is 0 Å². The van der Waals surface area contributed by atoms with Crippen molar-refractivity contribution < 1.29 is 19.2 Å². The summed E-state index contributed by atoms with van der Waals surface area (Å²) in [5, 5.41) is 12.9. The van der Waals surface area contributed by atoms with E-state index in [9.17, 15) is 4.79 Å². The van der Waals surface area contributed by atoms with E-state index in [2.05, 4.69) is 10.1 Å². The normalized spacial score (nSPS) is 22.0. The van der Waals surface area contributed by atoms with Gasteiger partial charge in [-0.1, -0.05) is 35.5 Å². The number of hydrogen-bond acceptors (Lipinski definition) is 5. The number of nitrogens with zero attached hydrogens (tertiary/aromatic N) is 2. The van der Waals surface area contributed by atoms with Crippen LogP contribution in [0.1, 0.15) is 42.6 Å². The number of benzene rings is 1. The van der Waals surface area contributed by atoms with Crippen LogP contribution < -0.4 is 0 Å². The lowest BCUT2D eigenvalue weighted by molar-refractivity contribution is -0.138. The highest BCUT2D eigenvalue weighted by Crippen LogP contribution is 2.47. The lowest BCUT2D eigenvalue weighted by Crippen LogP contribution is -2.08. The average molecular weight is 288 g/mol. The van der Waals surface area contributed by atoms with Crippen molar-refractivity contribution in [1.82, 2.24) is 10.1 Å². The second-order valence-electron chi connectivity index (χ2n) is 5.02. The number of carboxylic acid groups (broad SMARTS) is 1. The highest BCUT2D eigenvalue weighted by atomic mass is 16.5. The van der Waals surface area contributed by atoms with Crippen LogP contribution in [0, 0.1) is 5.92 Å². The van der Waals surface area contributed by atoms with Crippen LogP contribution in [-0.2, 0) is 9.53 Å². The van der Waals surface area contributed by atoms with Crippen LogP contribution in [0.5, 0.6) is 0 Å². The molecule has 3 atom stereocenters. The Labute approximate surface area is 121 Å². The SMILES string of the molecule is CCOC(c1ccccc1)c1noc(C2CC2C(=O)O)n1. The minimum absolute atomic E-state index is 0.165. The maximum absolute atomic E-state index is 10.9. The van der Waals surface area contributed by atoms with E-state index in [4.69, 9.17) is 14.4 Å². The fourth-order valence-corrected chi connectivity index (χ4v) is 2.36. The molecule has 1 N–H and O–H groups in total. The van der Waals surface area contributed by atoms with Crippen LogP contribution in [0.15, 0.2) is 34.9 Å². The molecule has 0 spiro atoms. The molecule has 0 saturated heterocycles. The zero-order valence-corrected chi connectivity index (χ0v) is 11.6. The van der Waals surface area contributed by atoms with Gasteiger partial charge in [0.15, 0.2) is 0 Å². The summed E-state index contributed by atoms with van der Waals surface area (Å²) in [6.45, 7) is 2.42. The van der Waals surface area contributed by atoms with Gasteiger partial charge in [-0.3, -0.25) is 4.79 Å². The third kappa shape index (κ3) is 2.80. The van der Waals surface area contributed by atoms with Crippen molar-refractivity contribution in [3.05, 3.63) is 47.6 Å². The fraction of sp³-hybridized carbons (Fsp3) is 0.400. The molecular formula is C15H16N2O4. The quantitative estimate of drug-likeness (QED) is 0.878. The Morgan fingerprint density at radius 3 is 2.86 bits per heavy atom. The van der Waals surface area contributed by atoms with Gasteiger partial charge < -0.3 is 14.4 Å². The monoisotopic (exact) mass is 288 g/mol. The van der Waals surface area contributed by atoms with E-state index in [0.29, 0.717) is 24.7 Å². The number of carboxylic acids is 1. The Kier molecular flexibility index (Phi) is 3.70. The van der Waals surface area contributed by atoms with Crippen LogP contribution in [0.2, 0.25) is 0 Å². The molecule has 0 radical (unpaired) electrons. The molecule has 1 aromatic carbocycles. The third-order valence-electron chi connectivity index (χ3n) is 3.55. The summed E-state index contributed by atoms with van der Waals surface area (Å²) in [5.74, 6) is -0.557. The van der Waals surface area contributed by atoms with Crippen molar-refractivity contribution >= 4 is 5.97 Å². The summed E-state index contributed by atoms with van der Waals surface area (Å²) in [5.41, 5.74) is 0.942. The first-order valence-corrected chi connectivity index (χ1v) is 6.93. The number of carbonyl (C=O) groups is 1. The molecule has 21 heavy (non-hydrogen) atoms. The molecule has 1 saturated carbocycles. The van der Waals surface area contributed by atoms with Gasteiger partial charge in [-0.25, -0.2) is 0 Å². The molecule has 1 fully saturated rings. The Hall–Kier alpha value is -2.21. The van der Waals surface area contributed by atoms with E-state index in [0.717, 1.165) is 5.56 Å². The number of aromatic nitrogens is 2. The minimum Gasteiger partial charge on any atom is -0.481 e. The van der Waals surface area contributed by atoms with Crippen LogP contribution in [-0.4, -0.2) is 27.8 Å². The number of rotatable bonds is 6. The van der Waals surface area contributed by atoms with Gasteiger partial charge >= 0.3 is 5.97 Å². The molecule has 1 aromatic heterocycles. The molecule has 3 unspecified atom stereocenters. The lowest BCUT2D eigenvalue weighted by atomic mass is 10.1. The highest BCUT2D eigenvalue weighted by Gasteiger charge is 2.48.